The summed E-state index contributed by atoms with van der Waals surface area (Å²) in [5, 5.41) is 14.8. The highest BCUT2D eigenvalue weighted by Gasteiger charge is 2.15. The lowest BCUT2D eigenvalue weighted by Crippen LogP contribution is -2.30. The molecule has 1 aromatic rings. The smallest absolute Gasteiger partial charge is 0.319 e. The summed E-state index contributed by atoms with van der Waals surface area (Å²) in [6.45, 7) is 4.82. The summed E-state index contributed by atoms with van der Waals surface area (Å²) >= 11 is 1.83. The molecule has 5 heteroatoms. The van der Waals surface area contributed by atoms with Crippen LogP contribution >= 0.6 is 11.8 Å². The van der Waals surface area contributed by atoms with Gasteiger partial charge in [0.1, 0.15) is 0 Å². The van der Waals surface area contributed by atoms with Crippen LogP contribution in [0.5, 0.6) is 0 Å². The Hall–Kier alpha value is -1.20. The third-order valence-electron chi connectivity index (χ3n) is 3.55. The zero-order valence-corrected chi connectivity index (χ0v) is 14.6. The van der Waals surface area contributed by atoms with Gasteiger partial charge in [-0.2, -0.15) is 11.8 Å². The van der Waals surface area contributed by atoms with Crippen molar-refractivity contribution in [3.05, 3.63) is 29.8 Å². The summed E-state index contributed by atoms with van der Waals surface area (Å²) in [5.41, 5.74) is 2.01. The zero-order valence-electron chi connectivity index (χ0n) is 13.8. The predicted molar refractivity (Wildman–Crippen MR) is 95.7 cm³/mol. The van der Waals surface area contributed by atoms with Crippen molar-refractivity contribution in [3.8, 4) is 0 Å². The monoisotopic (exact) mass is 324 g/mol. The minimum atomic E-state index is -0.182. The van der Waals surface area contributed by atoms with Crippen molar-refractivity contribution in [3.63, 3.8) is 0 Å². The summed E-state index contributed by atoms with van der Waals surface area (Å²) in [5.74, 6) is 1.11. The van der Waals surface area contributed by atoms with E-state index in [1.807, 2.05) is 37.7 Å². The number of rotatable bonds is 9. The zero-order chi connectivity index (χ0) is 16.4. The summed E-state index contributed by atoms with van der Waals surface area (Å²) < 4.78 is 0. The van der Waals surface area contributed by atoms with E-state index in [1.54, 1.807) is 0 Å². The van der Waals surface area contributed by atoms with Crippen LogP contribution in [-0.4, -0.2) is 36.3 Å². The fraction of sp³-hybridized carbons (Fsp3) is 0.588. The maximum atomic E-state index is 11.8. The molecule has 0 radical (unpaired) electrons. The van der Waals surface area contributed by atoms with E-state index in [4.69, 9.17) is 0 Å². The maximum Gasteiger partial charge on any atom is 0.319 e. The molecule has 1 rings (SSSR count). The van der Waals surface area contributed by atoms with E-state index in [0.29, 0.717) is 6.54 Å². The van der Waals surface area contributed by atoms with Gasteiger partial charge < -0.3 is 15.7 Å². The van der Waals surface area contributed by atoms with Gasteiger partial charge in [-0.15, -0.1) is 0 Å². The molecule has 124 valence electrons. The number of amides is 2. The van der Waals surface area contributed by atoms with E-state index in [2.05, 4.69) is 29.0 Å². The van der Waals surface area contributed by atoms with Gasteiger partial charge in [0, 0.05) is 18.8 Å². The lowest BCUT2D eigenvalue weighted by atomic mass is 9.89. The molecule has 0 spiro atoms. The first kappa shape index (κ1) is 18.8. The second-order valence-corrected chi connectivity index (χ2v) is 7.23. The number of benzene rings is 1. The second-order valence-electron chi connectivity index (χ2n) is 6.25. The molecule has 0 saturated carbocycles. The van der Waals surface area contributed by atoms with Crippen LogP contribution in [0.25, 0.3) is 0 Å². The first-order valence-electron chi connectivity index (χ1n) is 7.70. The van der Waals surface area contributed by atoms with E-state index < -0.39 is 0 Å². The average molecular weight is 324 g/mol. The molecule has 22 heavy (non-hydrogen) atoms. The molecule has 1 aromatic carbocycles. The van der Waals surface area contributed by atoms with Crippen molar-refractivity contribution in [2.75, 3.05) is 30.5 Å². The third-order valence-corrected chi connectivity index (χ3v) is 4.16. The molecular formula is C17H28N2O2S. The number of thioether (sulfide) groups is 1. The molecule has 0 saturated heterocycles. The van der Waals surface area contributed by atoms with Gasteiger partial charge in [0.25, 0.3) is 0 Å². The predicted octanol–water partition coefficient (Wildman–Crippen LogP) is 3.51. The van der Waals surface area contributed by atoms with Gasteiger partial charge in [-0.25, -0.2) is 4.79 Å². The molecule has 0 aromatic heterocycles. The van der Waals surface area contributed by atoms with E-state index >= 15 is 0 Å². The van der Waals surface area contributed by atoms with E-state index in [9.17, 15) is 9.90 Å². The third kappa shape index (κ3) is 7.71. The number of aliphatic hydroxyl groups excluding tert-OH is 1. The van der Waals surface area contributed by atoms with E-state index in [1.165, 1.54) is 5.56 Å². The Kier molecular flexibility index (Phi) is 8.35. The number of carbonyl (C=O) groups is 1. The van der Waals surface area contributed by atoms with Gasteiger partial charge in [-0.1, -0.05) is 26.0 Å². The highest BCUT2D eigenvalue weighted by Crippen LogP contribution is 2.20. The molecule has 0 aliphatic rings. The fourth-order valence-corrected chi connectivity index (χ4v) is 2.44. The number of aliphatic hydroxyl groups is 1. The minimum Gasteiger partial charge on any atom is -0.396 e. The molecule has 0 atom stereocenters. The number of hydrogen-bond donors (Lipinski definition) is 3. The molecular weight excluding hydrogens is 296 g/mol. The van der Waals surface area contributed by atoms with E-state index in [-0.39, 0.29) is 18.1 Å². The van der Waals surface area contributed by atoms with Crippen LogP contribution in [0.1, 0.15) is 32.3 Å². The van der Waals surface area contributed by atoms with Crippen LogP contribution in [0.3, 0.4) is 0 Å². The van der Waals surface area contributed by atoms with Crippen molar-refractivity contribution in [1.29, 1.82) is 0 Å². The summed E-state index contributed by atoms with van der Waals surface area (Å²) in [6, 6.07) is 7.79. The van der Waals surface area contributed by atoms with Crippen LogP contribution in [0.4, 0.5) is 10.5 Å². The maximum absolute atomic E-state index is 11.8. The molecule has 0 aliphatic carbocycles. The number of carbonyl (C=O) groups excluding carboxylic acids is 1. The minimum absolute atomic E-state index is 0.0786. The van der Waals surface area contributed by atoms with Crippen LogP contribution in [-0.2, 0) is 6.42 Å². The van der Waals surface area contributed by atoms with Crippen molar-refractivity contribution in [2.45, 2.75) is 33.1 Å². The van der Waals surface area contributed by atoms with Crippen LogP contribution in [0, 0.1) is 5.41 Å². The Bertz CT molecular complexity index is 446. The Labute approximate surface area is 138 Å². The van der Waals surface area contributed by atoms with Crippen molar-refractivity contribution < 1.29 is 9.90 Å². The molecule has 2 amide bonds. The van der Waals surface area contributed by atoms with Crippen LogP contribution in [0.15, 0.2) is 24.3 Å². The van der Waals surface area contributed by atoms with Gasteiger partial charge in [-0.05, 0) is 54.4 Å². The van der Waals surface area contributed by atoms with Gasteiger partial charge in [0.15, 0.2) is 0 Å². The first-order valence-corrected chi connectivity index (χ1v) is 9.10. The number of hydrogen-bond acceptors (Lipinski definition) is 3. The first-order chi connectivity index (χ1) is 10.5. The largest absolute Gasteiger partial charge is 0.396 e. The summed E-state index contributed by atoms with van der Waals surface area (Å²) in [6.07, 6.45) is 4.89. The Morgan fingerprint density at radius 2 is 1.95 bits per heavy atom. The summed E-state index contributed by atoms with van der Waals surface area (Å²) in [7, 11) is 0. The fourth-order valence-electron chi connectivity index (χ4n) is 2.00. The molecule has 4 nitrogen and oxygen atoms in total. The highest BCUT2D eigenvalue weighted by molar-refractivity contribution is 7.98. The van der Waals surface area contributed by atoms with Gasteiger partial charge in [-0.3, -0.25) is 0 Å². The highest BCUT2D eigenvalue weighted by atomic mass is 32.2. The molecule has 0 fully saturated rings. The van der Waals surface area contributed by atoms with Gasteiger partial charge in [0.05, 0.1) is 0 Å². The topological polar surface area (TPSA) is 61.4 Å². The Morgan fingerprint density at radius 1 is 1.27 bits per heavy atom. The number of anilines is 1. The second kappa shape index (κ2) is 9.74. The number of nitrogens with one attached hydrogen (secondary N) is 2. The quantitative estimate of drug-likeness (QED) is 0.609. The lowest BCUT2D eigenvalue weighted by molar-refractivity contribution is 0.148. The normalized spacial score (nSPS) is 11.3. The van der Waals surface area contributed by atoms with Gasteiger partial charge >= 0.3 is 6.03 Å². The Balaban J connectivity index is 2.27. The van der Waals surface area contributed by atoms with Crippen molar-refractivity contribution in [1.82, 2.24) is 5.32 Å². The van der Waals surface area contributed by atoms with Crippen molar-refractivity contribution in [2.24, 2.45) is 5.41 Å². The Morgan fingerprint density at radius 3 is 2.55 bits per heavy atom. The van der Waals surface area contributed by atoms with Gasteiger partial charge in [0.2, 0.25) is 0 Å². The average Bonchev–Trinajstić information content (AvgIpc) is 2.51. The lowest BCUT2D eigenvalue weighted by Gasteiger charge is -2.21. The molecule has 0 aliphatic heterocycles. The number of aryl methyl sites for hydroxylation is 1. The molecule has 3 N–H and O–H groups in total. The van der Waals surface area contributed by atoms with Crippen LogP contribution < -0.4 is 10.6 Å². The number of urea groups is 1. The molecule has 0 heterocycles. The summed E-state index contributed by atoms with van der Waals surface area (Å²) in [4.78, 5) is 11.8. The molecule has 0 bridgehead atoms. The van der Waals surface area contributed by atoms with Crippen LogP contribution in [0.2, 0.25) is 0 Å². The SMILES string of the molecule is CSCCc1ccc(NC(=O)NCCCC(C)(C)CO)cc1. The van der Waals surface area contributed by atoms with Crippen molar-refractivity contribution >= 4 is 23.5 Å². The van der Waals surface area contributed by atoms with E-state index in [0.717, 1.165) is 30.7 Å². The molecule has 0 unspecified atom stereocenters. The standard InChI is InChI=1S/C17H28N2O2S/c1-17(2,13-20)10-4-11-18-16(21)19-15-7-5-14(6-8-15)9-12-22-3/h5-8,20H,4,9-13H2,1-3H3,(H2,18,19,21).